The molecule has 1 nitrogen and oxygen atoms in total. The van der Waals surface area contributed by atoms with E-state index in [4.69, 9.17) is 0 Å². The van der Waals surface area contributed by atoms with E-state index in [0.717, 1.165) is 17.6 Å². The summed E-state index contributed by atoms with van der Waals surface area (Å²) < 4.78 is 0. The Bertz CT molecular complexity index is 470. The second-order valence-corrected chi connectivity index (χ2v) is 6.05. The van der Waals surface area contributed by atoms with Crippen LogP contribution in [0.5, 0.6) is 0 Å². The van der Waals surface area contributed by atoms with Gasteiger partial charge in [-0.2, -0.15) is 0 Å². The Balaban J connectivity index is 2.45. The van der Waals surface area contributed by atoms with Crippen LogP contribution in [0.15, 0.2) is 29.6 Å². The number of aldehydes is 1. The van der Waals surface area contributed by atoms with Crippen LogP contribution in [0.2, 0.25) is 0 Å². The van der Waals surface area contributed by atoms with Crippen molar-refractivity contribution in [3.05, 3.63) is 44.3 Å². The van der Waals surface area contributed by atoms with Crippen LogP contribution in [0.1, 0.15) is 39.7 Å². The normalized spacial score (nSPS) is 14.6. The molecule has 16 heavy (non-hydrogen) atoms. The maximum atomic E-state index is 10.7. The van der Waals surface area contributed by atoms with Crippen LogP contribution in [-0.2, 0) is 5.41 Å². The lowest BCUT2D eigenvalue weighted by Gasteiger charge is -2.25. The quantitative estimate of drug-likeness (QED) is 0.738. The first-order chi connectivity index (χ1) is 7.70. The van der Waals surface area contributed by atoms with Crippen molar-refractivity contribution in [2.75, 3.05) is 0 Å². The summed E-state index contributed by atoms with van der Waals surface area (Å²) >= 11 is 3.39. The largest absolute Gasteiger partial charge is 0.297 e. The predicted molar refractivity (Wildman–Crippen MR) is 70.8 cm³/mol. The minimum absolute atomic E-state index is 0.0556. The molecule has 1 atom stereocenters. The first-order valence-corrected chi connectivity index (χ1v) is 7.00. The van der Waals surface area contributed by atoms with Crippen LogP contribution < -0.4 is 0 Å². The van der Waals surface area contributed by atoms with E-state index in [-0.39, 0.29) is 5.41 Å². The minimum Gasteiger partial charge on any atom is -0.297 e. The lowest BCUT2D eigenvalue weighted by Crippen LogP contribution is -2.19. The summed E-state index contributed by atoms with van der Waals surface area (Å²) in [5.74, 6) is 0. The van der Waals surface area contributed by atoms with E-state index in [1.54, 1.807) is 22.7 Å². The molecule has 84 valence electrons. The molecule has 0 aromatic carbocycles. The molecule has 3 heteroatoms. The smallest absolute Gasteiger partial charge is 0.160 e. The highest BCUT2D eigenvalue weighted by Crippen LogP contribution is 2.40. The third kappa shape index (κ3) is 1.85. The van der Waals surface area contributed by atoms with Gasteiger partial charge in [0.15, 0.2) is 6.29 Å². The number of hydrogen-bond acceptors (Lipinski definition) is 3. The summed E-state index contributed by atoms with van der Waals surface area (Å²) in [4.78, 5) is 14.2. The predicted octanol–water partition coefficient (Wildman–Crippen LogP) is 4.34. The van der Waals surface area contributed by atoms with Crippen molar-refractivity contribution in [1.82, 2.24) is 0 Å². The van der Waals surface area contributed by atoms with Gasteiger partial charge in [0, 0.05) is 15.2 Å². The molecule has 0 aliphatic carbocycles. The Morgan fingerprint density at radius 3 is 2.62 bits per heavy atom. The SMILES string of the molecule is CCC(C)(c1cccs1)c1ccc(C=O)s1. The molecule has 2 aromatic heterocycles. The van der Waals surface area contributed by atoms with Crippen molar-refractivity contribution >= 4 is 29.0 Å². The highest BCUT2D eigenvalue weighted by molar-refractivity contribution is 7.14. The molecule has 0 saturated carbocycles. The van der Waals surface area contributed by atoms with E-state index >= 15 is 0 Å². The first-order valence-electron chi connectivity index (χ1n) is 5.30. The first kappa shape index (κ1) is 11.6. The van der Waals surface area contributed by atoms with E-state index in [0.29, 0.717) is 0 Å². The number of thiophene rings is 2. The molecule has 2 rings (SSSR count). The summed E-state index contributed by atoms with van der Waals surface area (Å²) in [7, 11) is 0. The molecule has 0 radical (unpaired) electrons. The number of hydrogen-bond donors (Lipinski definition) is 0. The van der Waals surface area contributed by atoms with Crippen molar-refractivity contribution in [1.29, 1.82) is 0 Å². The maximum Gasteiger partial charge on any atom is 0.160 e. The monoisotopic (exact) mass is 250 g/mol. The Hall–Kier alpha value is -0.930. The Morgan fingerprint density at radius 1 is 1.31 bits per heavy atom. The van der Waals surface area contributed by atoms with E-state index in [1.165, 1.54) is 9.75 Å². The summed E-state index contributed by atoms with van der Waals surface area (Å²) in [6.45, 7) is 4.44. The van der Waals surface area contributed by atoms with Crippen molar-refractivity contribution in [2.24, 2.45) is 0 Å². The van der Waals surface area contributed by atoms with Gasteiger partial charge in [-0.1, -0.05) is 13.0 Å². The van der Waals surface area contributed by atoms with Gasteiger partial charge in [0.1, 0.15) is 0 Å². The standard InChI is InChI=1S/C13H14OS2/c1-3-13(2,11-5-4-8-15-11)12-7-6-10(9-14)16-12/h4-9H,3H2,1-2H3. The molecule has 0 amide bonds. The van der Waals surface area contributed by atoms with Gasteiger partial charge in [-0.05, 0) is 36.9 Å². The number of rotatable bonds is 4. The van der Waals surface area contributed by atoms with Crippen molar-refractivity contribution < 1.29 is 4.79 Å². The highest BCUT2D eigenvalue weighted by atomic mass is 32.1. The van der Waals surface area contributed by atoms with Gasteiger partial charge in [0.2, 0.25) is 0 Å². The molecule has 0 aliphatic rings. The molecule has 0 fully saturated rings. The van der Waals surface area contributed by atoms with Gasteiger partial charge in [-0.15, -0.1) is 22.7 Å². The van der Waals surface area contributed by atoms with Crippen molar-refractivity contribution in [3.8, 4) is 0 Å². The van der Waals surface area contributed by atoms with Crippen LogP contribution in [-0.4, -0.2) is 6.29 Å². The number of carbonyl (C=O) groups excluding carboxylic acids is 1. The van der Waals surface area contributed by atoms with Gasteiger partial charge in [-0.25, -0.2) is 0 Å². The summed E-state index contributed by atoms with van der Waals surface area (Å²) in [5.41, 5.74) is 0.0556. The van der Waals surface area contributed by atoms with Crippen molar-refractivity contribution in [2.45, 2.75) is 25.7 Å². The highest BCUT2D eigenvalue weighted by Gasteiger charge is 2.29. The Labute approximate surface area is 104 Å². The lowest BCUT2D eigenvalue weighted by molar-refractivity contribution is 0.112. The van der Waals surface area contributed by atoms with Gasteiger partial charge in [0.25, 0.3) is 0 Å². The molecule has 2 aromatic rings. The molecule has 2 heterocycles. The van der Waals surface area contributed by atoms with Crippen LogP contribution in [0.4, 0.5) is 0 Å². The third-order valence-electron chi connectivity index (χ3n) is 3.06. The zero-order chi connectivity index (χ0) is 11.6. The second-order valence-electron chi connectivity index (χ2n) is 3.98. The van der Waals surface area contributed by atoms with Crippen LogP contribution in [0, 0.1) is 0 Å². The fourth-order valence-electron chi connectivity index (χ4n) is 1.78. The molecule has 0 aliphatic heterocycles. The van der Waals surface area contributed by atoms with Crippen LogP contribution in [0.3, 0.4) is 0 Å². The third-order valence-corrected chi connectivity index (χ3v) is 5.47. The van der Waals surface area contributed by atoms with E-state index < -0.39 is 0 Å². The van der Waals surface area contributed by atoms with E-state index in [9.17, 15) is 4.79 Å². The average Bonchev–Trinajstić information content (AvgIpc) is 2.98. The Kier molecular flexibility index (Phi) is 3.26. The minimum atomic E-state index is 0.0556. The second kappa shape index (κ2) is 4.52. The van der Waals surface area contributed by atoms with Gasteiger partial charge in [-0.3, -0.25) is 4.79 Å². The van der Waals surface area contributed by atoms with E-state index in [2.05, 4.69) is 37.4 Å². The van der Waals surface area contributed by atoms with E-state index in [1.807, 2.05) is 6.07 Å². The zero-order valence-corrected chi connectivity index (χ0v) is 11.0. The Morgan fingerprint density at radius 2 is 2.12 bits per heavy atom. The molecule has 0 N–H and O–H groups in total. The fraction of sp³-hybridized carbons (Fsp3) is 0.308. The van der Waals surface area contributed by atoms with Gasteiger partial charge < -0.3 is 0 Å². The summed E-state index contributed by atoms with van der Waals surface area (Å²) in [5, 5.41) is 2.11. The molecule has 0 spiro atoms. The molecule has 0 saturated heterocycles. The van der Waals surface area contributed by atoms with Gasteiger partial charge >= 0.3 is 0 Å². The fourth-order valence-corrected chi connectivity index (χ4v) is 3.87. The lowest BCUT2D eigenvalue weighted by atomic mass is 9.84. The van der Waals surface area contributed by atoms with Crippen LogP contribution in [0.25, 0.3) is 0 Å². The summed E-state index contributed by atoms with van der Waals surface area (Å²) in [6.07, 6.45) is 1.98. The molecular formula is C13H14OS2. The van der Waals surface area contributed by atoms with Gasteiger partial charge in [0.05, 0.1) is 4.88 Å². The number of carbonyl (C=O) groups is 1. The van der Waals surface area contributed by atoms with Crippen LogP contribution >= 0.6 is 22.7 Å². The van der Waals surface area contributed by atoms with Crippen molar-refractivity contribution in [3.63, 3.8) is 0 Å². The zero-order valence-electron chi connectivity index (χ0n) is 9.40. The topological polar surface area (TPSA) is 17.1 Å². The summed E-state index contributed by atoms with van der Waals surface area (Å²) in [6, 6.07) is 8.25. The molecule has 1 unspecified atom stereocenters. The maximum absolute atomic E-state index is 10.7. The average molecular weight is 250 g/mol. The molecular weight excluding hydrogens is 236 g/mol. The molecule has 0 bridgehead atoms.